The molecule has 1 N–H and O–H groups in total. The highest BCUT2D eigenvalue weighted by molar-refractivity contribution is 5.97. The summed E-state index contributed by atoms with van der Waals surface area (Å²) < 4.78 is 8.36. The Balaban J connectivity index is 1.65. The monoisotopic (exact) mass is 356 g/mol. The molecule has 2 aromatic heterocycles. The molecule has 0 saturated heterocycles. The molecule has 0 spiro atoms. The molecule has 1 aliphatic heterocycles. The fourth-order valence-corrected chi connectivity index (χ4v) is 3.30. The molecule has 1 amide bonds. The molecule has 0 saturated carbocycles. The molecule has 0 radical (unpaired) electrons. The number of aliphatic hydroxyl groups is 1. The lowest BCUT2D eigenvalue weighted by Gasteiger charge is -2.20. The third-order valence-corrected chi connectivity index (χ3v) is 4.79. The van der Waals surface area contributed by atoms with Gasteiger partial charge in [-0.3, -0.25) is 14.0 Å². The summed E-state index contributed by atoms with van der Waals surface area (Å²) in [6.07, 6.45) is 0.148. The Morgan fingerprint density at radius 2 is 2.12 bits per heavy atom. The molecule has 4 rings (SSSR count). The Bertz CT molecular complexity index is 1040. The lowest BCUT2D eigenvalue weighted by Crippen LogP contribution is -2.30. The molecular formula is C18H20N4O4. The number of carbonyl (C=O) groups is 1. The number of hydrogen-bond acceptors (Lipinski definition) is 5. The molecule has 136 valence electrons. The number of rotatable bonds is 2. The number of aromatic nitrogens is 3. The van der Waals surface area contributed by atoms with Gasteiger partial charge in [-0.05, 0) is 37.6 Å². The molecule has 0 bridgehead atoms. The topological polar surface area (TPSA) is 93.5 Å². The minimum atomic E-state index is -0.636. The van der Waals surface area contributed by atoms with E-state index in [2.05, 4.69) is 5.10 Å². The van der Waals surface area contributed by atoms with Crippen molar-refractivity contribution in [3.63, 3.8) is 0 Å². The SMILES string of the molecule is C[C@@H](O)c1cc2n(n1)CCCN(C(=O)c1ccc3oc(=O)n(C)c3c1)C2. The minimum absolute atomic E-state index is 0.103. The lowest BCUT2D eigenvalue weighted by atomic mass is 10.1. The molecule has 0 aliphatic carbocycles. The minimum Gasteiger partial charge on any atom is -0.408 e. The Labute approximate surface area is 149 Å². The first kappa shape index (κ1) is 16.6. The van der Waals surface area contributed by atoms with Crippen LogP contribution >= 0.6 is 0 Å². The number of carbonyl (C=O) groups excluding carboxylic acids is 1. The number of fused-ring (bicyclic) bond motifs is 2. The first-order valence-electron chi connectivity index (χ1n) is 8.57. The van der Waals surface area contributed by atoms with Gasteiger partial charge in [0.15, 0.2) is 5.58 Å². The predicted octanol–water partition coefficient (Wildman–Crippen LogP) is 1.43. The van der Waals surface area contributed by atoms with Crippen LogP contribution in [0.2, 0.25) is 0 Å². The van der Waals surface area contributed by atoms with Crippen LogP contribution in [0.1, 0.15) is 41.2 Å². The molecule has 1 aromatic carbocycles. The number of amides is 1. The van der Waals surface area contributed by atoms with Crippen molar-refractivity contribution in [2.24, 2.45) is 7.05 Å². The fourth-order valence-electron chi connectivity index (χ4n) is 3.30. The molecule has 0 unspecified atom stereocenters. The maximum atomic E-state index is 13.0. The maximum Gasteiger partial charge on any atom is 0.419 e. The molecule has 3 heterocycles. The Morgan fingerprint density at radius 3 is 2.88 bits per heavy atom. The molecule has 8 heteroatoms. The summed E-state index contributed by atoms with van der Waals surface area (Å²) in [5.74, 6) is -0.553. The largest absolute Gasteiger partial charge is 0.419 e. The summed E-state index contributed by atoms with van der Waals surface area (Å²) in [6, 6.07) is 6.86. The van der Waals surface area contributed by atoms with Gasteiger partial charge in [0, 0.05) is 25.7 Å². The van der Waals surface area contributed by atoms with Gasteiger partial charge >= 0.3 is 5.76 Å². The van der Waals surface area contributed by atoms with Crippen LogP contribution < -0.4 is 5.76 Å². The molecule has 26 heavy (non-hydrogen) atoms. The highest BCUT2D eigenvalue weighted by Gasteiger charge is 2.23. The van der Waals surface area contributed by atoms with Crippen LogP contribution in [0.25, 0.3) is 11.1 Å². The Hall–Kier alpha value is -2.87. The van der Waals surface area contributed by atoms with Gasteiger partial charge < -0.3 is 14.4 Å². The van der Waals surface area contributed by atoms with Crippen LogP contribution in [0.4, 0.5) is 0 Å². The molecule has 1 atom stereocenters. The Morgan fingerprint density at radius 1 is 1.31 bits per heavy atom. The Kier molecular flexibility index (Phi) is 3.91. The van der Waals surface area contributed by atoms with E-state index >= 15 is 0 Å². The van der Waals surface area contributed by atoms with Crippen molar-refractivity contribution in [1.82, 2.24) is 19.2 Å². The van der Waals surface area contributed by atoms with Crippen LogP contribution in [-0.2, 0) is 20.1 Å². The first-order valence-corrected chi connectivity index (χ1v) is 8.57. The van der Waals surface area contributed by atoms with Gasteiger partial charge in [0.2, 0.25) is 0 Å². The average molecular weight is 356 g/mol. The smallest absolute Gasteiger partial charge is 0.408 e. The zero-order valence-corrected chi connectivity index (χ0v) is 14.7. The van der Waals surface area contributed by atoms with Gasteiger partial charge in [0.1, 0.15) is 0 Å². The van der Waals surface area contributed by atoms with Gasteiger partial charge in [0.25, 0.3) is 5.91 Å². The number of oxazole rings is 1. The van der Waals surface area contributed by atoms with E-state index in [4.69, 9.17) is 4.42 Å². The lowest BCUT2D eigenvalue weighted by molar-refractivity contribution is 0.0746. The van der Waals surface area contributed by atoms with Crippen molar-refractivity contribution in [1.29, 1.82) is 0 Å². The zero-order chi connectivity index (χ0) is 18.4. The number of benzene rings is 1. The van der Waals surface area contributed by atoms with Crippen LogP contribution in [-0.4, -0.2) is 36.8 Å². The van der Waals surface area contributed by atoms with Crippen molar-refractivity contribution in [2.75, 3.05) is 6.54 Å². The third-order valence-electron chi connectivity index (χ3n) is 4.79. The highest BCUT2D eigenvalue weighted by atomic mass is 16.4. The van der Waals surface area contributed by atoms with E-state index in [-0.39, 0.29) is 5.91 Å². The van der Waals surface area contributed by atoms with Gasteiger partial charge in [-0.1, -0.05) is 0 Å². The summed E-state index contributed by atoms with van der Waals surface area (Å²) in [7, 11) is 1.62. The molecule has 1 aliphatic rings. The summed E-state index contributed by atoms with van der Waals surface area (Å²) >= 11 is 0. The molecular weight excluding hydrogens is 336 g/mol. The van der Waals surface area contributed by atoms with Gasteiger partial charge in [-0.25, -0.2) is 4.79 Å². The van der Waals surface area contributed by atoms with Gasteiger partial charge in [-0.2, -0.15) is 5.10 Å². The second-order valence-corrected chi connectivity index (χ2v) is 6.65. The normalized spacial score (nSPS) is 15.7. The van der Waals surface area contributed by atoms with Crippen LogP contribution in [0.15, 0.2) is 33.5 Å². The summed E-state index contributed by atoms with van der Waals surface area (Å²) in [6.45, 7) is 3.44. The second-order valence-electron chi connectivity index (χ2n) is 6.65. The second kappa shape index (κ2) is 6.14. The quantitative estimate of drug-likeness (QED) is 0.750. The van der Waals surface area contributed by atoms with E-state index in [1.165, 1.54) is 4.57 Å². The number of nitrogens with zero attached hydrogens (tertiary/aromatic N) is 4. The number of aryl methyl sites for hydroxylation is 2. The first-order chi connectivity index (χ1) is 12.4. The molecule has 3 aromatic rings. The van der Waals surface area contributed by atoms with Crippen molar-refractivity contribution < 1.29 is 14.3 Å². The van der Waals surface area contributed by atoms with Crippen molar-refractivity contribution in [3.8, 4) is 0 Å². The number of hydrogen-bond donors (Lipinski definition) is 1. The van der Waals surface area contributed by atoms with Crippen LogP contribution in [0, 0.1) is 0 Å². The maximum absolute atomic E-state index is 13.0. The summed E-state index contributed by atoms with van der Waals surface area (Å²) in [4.78, 5) is 26.4. The fraction of sp³-hybridized carbons (Fsp3) is 0.389. The molecule has 0 fully saturated rings. The van der Waals surface area contributed by atoms with Crippen LogP contribution in [0.3, 0.4) is 0 Å². The summed E-state index contributed by atoms with van der Waals surface area (Å²) in [5, 5.41) is 14.1. The third kappa shape index (κ3) is 2.72. The van der Waals surface area contributed by atoms with E-state index in [1.54, 1.807) is 37.1 Å². The summed E-state index contributed by atoms with van der Waals surface area (Å²) in [5.41, 5.74) is 3.09. The van der Waals surface area contributed by atoms with E-state index < -0.39 is 11.9 Å². The van der Waals surface area contributed by atoms with Crippen molar-refractivity contribution >= 4 is 17.0 Å². The van der Waals surface area contributed by atoms with E-state index in [0.717, 1.165) is 12.1 Å². The van der Waals surface area contributed by atoms with Gasteiger partial charge in [0.05, 0.1) is 29.6 Å². The van der Waals surface area contributed by atoms with E-state index in [9.17, 15) is 14.7 Å². The van der Waals surface area contributed by atoms with Gasteiger partial charge in [-0.15, -0.1) is 0 Å². The van der Waals surface area contributed by atoms with Crippen LogP contribution in [0.5, 0.6) is 0 Å². The standard InChI is InChI=1S/C18H20N4O4/c1-11(23)14-9-13-10-21(6-3-7-22(13)19-14)17(24)12-4-5-16-15(8-12)20(2)18(25)26-16/h4-5,8-9,11,23H,3,6-7,10H2,1-2H3/t11-/m1/s1. The number of aliphatic hydroxyl groups excluding tert-OH is 1. The van der Waals surface area contributed by atoms with E-state index in [1.807, 2.05) is 10.7 Å². The zero-order valence-electron chi connectivity index (χ0n) is 14.7. The van der Waals surface area contributed by atoms with Crippen molar-refractivity contribution in [3.05, 3.63) is 51.8 Å². The highest BCUT2D eigenvalue weighted by Crippen LogP contribution is 2.21. The van der Waals surface area contributed by atoms with E-state index in [0.29, 0.717) is 42.0 Å². The predicted molar refractivity (Wildman–Crippen MR) is 93.7 cm³/mol. The molecule has 8 nitrogen and oxygen atoms in total. The van der Waals surface area contributed by atoms with Crippen molar-refractivity contribution in [2.45, 2.75) is 32.5 Å². The average Bonchev–Trinajstić information content (AvgIpc) is 3.08.